The van der Waals surface area contributed by atoms with Crippen LogP contribution < -0.4 is 4.80 Å². The summed E-state index contributed by atoms with van der Waals surface area (Å²) in [5.74, 6) is 0.504. The summed E-state index contributed by atoms with van der Waals surface area (Å²) in [6.07, 6.45) is 1.35. The number of nitrogens with zero attached hydrogens (tertiary/aromatic N) is 3. The van der Waals surface area contributed by atoms with Crippen LogP contribution in [-0.4, -0.2) is 37.9 Å². The van der Waals surface area contributed by atoms with Crippen LogP contribution in [0.15, 0.2) is 29.3 Å². The quantitative estimate of drug-likeness (QED) is 0.794. The molecule has 0 spiro atoms. The first kappa shape index (κ1) is 15.0. The van der Waals surface area contributed by atoms with Crippen LogP contribution in [0.3, 0.4) is 0 Å². The average Bonchev–Trinajstić information content (AvgIpc) is 3.13. The van der Waals surface area contributed by atoms with E-state index in [-0.39, 0.29) is 16.7 Å². The van der Waals surface area contributed by atoms with Gasteiger partial charge in [-0.15, -0.1) is 11.8 Å². The number of aromatic nitrogens is 1. The summed E-state index contributed by atoms with van der Waals surface area (Å²) in [6, 6.07) is 7.57. The number of aryl methyl sites for hydroxylation is 1. The lowest BCUT2D eigenvalue weighted by Crippen LogP contribution is -2.46. The number of thioether (sulfide) groups is 1. The molecular formula is C16H17N3O2S2. The van der Waals surface area contributed by atoms with E-state index in [1.165, 1.54) is 11.3 Å². The normalized spacial score (nSPS) is 27.9. The molecule has 1 aromatic heterocycles. The SMILES string of the molecule is Cn1c(=NC(=O)[C@H]2CS[C@]3(C)CCC(=O)N23)sc2ccccc21. The van der Waals surface area contributed by atoms with Crippen molar-refractivity contribution in [1.29, 1.82) is 0 Å². The Morgan fingerprint density at radius 1 is 1.39 bits per heavy atom. The van der Waals surface area contributed by atoms with Crippen molar-refractivity contribution in [3.8, 4) is 0 Å². The molecule has 0 aliphatic carbocycles. The first-order chi connectivity index (χ1) is 11.0. The third-order valence-electron chi connectivity index (χ3n) is 4.65. The highest BCUT2D eigenvalue weighted by atomic mass is 32.2. The Hall–Kier alpha value is -1.60. The van der Waals surface area contributed by atoms with Crippen LogP contribution in [0.2, 0.25) is 0 Å². The molecule has 1 aromatic carbocycles. The van der Waals surface area contributed by atoms with Gasteiger partial charge in [0.1, 0.15) is 6.04 Å². The second-order valence-electron chi connectivity index (χ2n) is 6.13. The largest absolute Gasteiger partial charge is 0.319 e. The molecule has 23 heavy (non-hydrogen) atoms. The molecular weight excluding hydrogens is 330 g/mol. The van der Waals surface area contributed by atoms with Crippen molar-refractivity contribution in [2.24, 2.45) is 12.0 Å². The Labute approximate surface area is 142 Å². The fraction of sp³-hybridized carbons (Fsp3) is 0.438. The number of para-hydroxylation sites is 1. The summed E-state index contributed by atoms with van der Waals surface area (Å²) in [4.78, 5) is 31.4. The van der Waals surface area contributed by atoms with E-state index in [4.69, 9.17) is 0 Å². The van der Waals surface area contributed by atoms with E-state index in [2.05, 4.69) is 11.9 Å². The number of benzene rings is 1. The van der Waals surface area contributed by atoms with Crippen LogP contribution in [0.1, 0.15) is 19.8 Å². The molecule has 2 fully saturated rings. The van der Waals surface area contributed by atoms with E-state index in [0.717, 1.165) is 16.6 Å². The third kappa shape index (κ3) is 2.25. The monoisotopic (exact) mass is 347 g/mol. The summed E-state index contributed by atoms with van der Waals surface area (Å²) >= 11 is 3.20. The van der Waals surface area contributed by atoms with Gasteiger partial charge in [-0.05, 0) is 25.5 Å². The predicted molar refractivity (Wildman–Crippen MR) is 92.1 cm³/mol. The summed E-state index contributed by atoms with van der Waals surface area (Å²) in [7, 11) is 1.92. The van der Waals surface area contributed by atoms with E-state index in [9.17, 15) is 9.59 Å². The Morgan fingerprint density at radius 2 is 2.17 bits per heavy atom. The second kappa shape index (κ2) is 5.21. The maximum Gasteiger partial charge on any atom is 0.272 e. The minimum Gasteiger partial charge on any atom is -0.319 e. The van der Waals surface area contributed by atoms with Crippen LogP contribution in [-0.2, 0) is 16.6 Å². The molecule has 2 amide bonds. The molecule has 2 saturated heterocycles. The maximum atomic E-state index is 12.7. The average molecular weight is 347 g/mol. The lowest BCUT2D eigenvalue weighted by Gasteiger charge is -2.28. The minimum absolute atomic E-state index is 0.0757. The lowest BCUT2D eigenvalue weighted by atomic mass is 10.2. The minimum atomic E-state index is -0.426. The first-order valence-corrected chi connectivity index (χ1v) is 9.39. The summed E-state index contributed by atoms with van der Waals surface area (Å²) < 4.78 is 3.04. The van der Waals surface area contributed by atoms with Crippen molar-refractivity contribution in [2.45, 2.75) is 30.7 Å². The molecule has 0 unspecified atom stereocenters. The predicted octanol–water partition coefficient (Wildman–Crippen LogP) is 2.12. The standard InChI is InChI=1S/C16H17N3O2S2/c1-16-8-7-13(20)19(16)11(9-22-16)14(21)17-15-18(2)10-5-3-4-6-12(10)23-15/h3-6,11H,7-9H2,1-2H3/t11-,16-/m1/s1. The number of rotatable bonds is 1. The highest BCUT2D eigenvalue weighted by Crippen LogP contribution is 2.47. The van der Waals surface area contributed by atoms with Crippen LogP contribution in [0, 0.1) is 0 Å². The van der Waals surface area contributed by atoms with Crippen LogP contribution in [0.4, 0.5) is 0 Å². The summed E-state index contributed by atoms with van der Waals surface area (Å²) in [5, 5.41) is 0. The molecule has 0 bridgehead atoms. The number of carbonyl (C=O) groups is 2. The van der Waals surface area contributed by atoms with Gasteiger partial charge in [0.25, 0.3) is 5.91 Å². The van der Waals surface area contributed by atoms with Gasteiger partial charge in [0.2, 0.25) is 5.91 Å². The van der Waals surface area contributed by atoms with E-state index in [1.807, 2.05) is 35.9 Å². The number of thiazole rings is 1. The smallest absolute Gasteiger partial charge is 0.272 e. The molecule has 0 radical (unpaired) electrons. The summed E-state index contributed by atoms with van der Waals surface area (Å²) in [6.45, 7) is 2.05. The molecule has 2 atom stereocenters. The van der Waals surface area contributed by atoms with Crippen molar-refractivity contribution in [3.63, 3.8) is 0 Å². The van der Waals surface area contributed by atoms with E-state index in [0.29, 0.717) is 17.0 Å². The molecule has 5 nitrogen and oxygen atoms in total. The Morgan fingerprint density at radius 3 is 2.96 bits per heavy atom. The molecule has 2 aromatic rings. The van der Waals surface area contributed by atoms with Crippen molar-refractivity contribution < 1.29 is 9.59 Å². The molecule has 0 saturated carbocycles. The zero-order valence-corrected chi connectivity index (χ0v) is 14.6. The van der Waals surface area contributed by atoms with Gasteiger partial charge in [0.15, 0.2) is 4.80 Å². The zero-order valence-electron chi connectivity index (χ0n) is 13.0. The zero-order chi connectivity index (χ0) is 16.2. The van der Waals surface area contributed by atoms with Gasteiger partial charge in [0.05, 0.1) is 15.1 Å². The van der Waals surface area contributed by atoms with E-state index in [1.54, 1.807) is 16.7 Å². The maximum absolute atomic E-state index is 12.7. The Balaban J connectivity index is 1.72. The molecule has 0 N–H and O–H groups in total. The van der Waals surface area contributed by atoms with E-state index < -0.39 is 6.04 Å². The molecule has 2 aliphatic heterocycles. The van der Waals surface area contributed by atoms with Gasteiger partial charge in [-0.2, -0.15) is 4.99 Å². The number of hydrogen-bond donors (Lipinski definition) is 0. The molecule has 2 aliphatic rings. The highest BCUT2D eigenvalue weighted by molar-refractivity contribution is 8.01. The molecule has 4 rings (SSSR count). The Kier molecular flexibility index (Phi) is 3.39. The van der Waals surface area contributed by atoms with Gasteiger partial charge in [-0.25, -0.2) is 0 Å². The van der Waals surface area contributed by atoms with Crippen molar-refractivity contribution in [1.82, 2.24) is 9.47 Å². The van der Waals surface area contributed by atoms with Crippen LogP contribution in [0.5, 0.6) is 0 Å². The van der Waals surface area contributed by atoms with Gasteiger partial charge in [-0.3, -0.25) is 9.59 Å². The Bertz CT molecular complexity index is 885. The number of carbonyl (C=O) groups excluding carboxylic acids is 2. The number of fused-ring (bicyclic) bond motifs is 2. The first-order valence-electron chi connectivity index (χ1n) is 7.59. The molecule has 3 heterocycles. The molecule has 120 valence electrons. The lowest BCUT2D eigenvalue weighted by molar-refractivity contribution is -0.136. The van der Waals surface area contributed by atoms with Gasteiger partial charge < -0.3 is 9.47 Å². The molecule has 7 heteroatoms. The van der Waals surface area contributed by atoms with Crippen LogP contribution in [0.25, 0.3) is 10.2 Å². The van der Waals surface area contributed by atoms with Crippen molar-refractivity contribution in [3.05, 3.63) is 29.1 Å². The van der Waals surface area contributed by atoms with Crippen molar-refractivity contribution >= 4 is 45.1 Å². The number of amides is 2. The van der Waals surface area contributed by atoms with Gasteiger partial charge >= 0.3 is 0 Å². The fourth-order valence-corrected chi connectivity index (χ4v) is 5.81. The van der Waals surface area contributed by atoms with E-state index >= 15 is 0 Å². The highest BCUT2D eigenvalue weighted by Gasteiger charge is 2.52. The topological polar surface area (TPSA) is 54.7 Å². The van der Waals surface area contributed by atoms with Crippen LogP contribution >= 0.6 is 23.1 Å². The summed E-state index contributed by atoms with van der Waals surface area (Å²) in [5.41, 5.74) is 1.06. The second-order valence-corrected chi connectivity index (χ2v) is 8.64. The fourth-order valence-electron chi connectivity index (χ4n) is 3.36. The third-order valence-corrected chi connectivity index (χ3v) is 7.27. The van der Waals surface area contributed by atoms with Gasteiger partial charge in [-0.1, -0.05) is 23.5 Å². The number of hydrogen-bond acceptors (Lipinski definition) is 4. The van der Waals surface area contributed by atoms with Gasteiger partial charge in [0, 0.05) is 19.2 Å². The van der Waals surface area contributed by atoms with Crippen molar-refractivity contribution in [2.75, 3.05) is 5.75 Å².